The molecule has 0 aliphatic carbocycles. The molecule has 8 heteroatoms. The molecular formula is C25H26ClN7. The minimum Gasteiger partial charge on any atom is -0.383 e. The lowest BCUT2D eigenvalue weighted by atomic mass is 10.1. The number of fused-ring (bicyclic) bond motifs is 2. The van der Waals surface area contributed by atoms with E-state index in [1.807, 2.05) is 10.7 Å². The topological polar surface area (TPSA) is 84.9 Å². The Labute approximate surface area is 197 Å². The van der Waals surface area contributed by atoms with E-state index in [4.69, 9.17) is 22.4 Å². The summed E-state index contributed by atoms with van der Waals surface area (Å²) in [6.45, 7) is 3.80. The summed E-state index contributed by atoms with van der Waals surface area (Å²) >= 11 is 6.24. The molecule has 3 N–H and O–H groups in total. The van der Waals surface area contributed by atoms with Crippen molar-refractivity contribution in [2.75, 3.05) is 30.3 Å². The predicted molar refractivity (Wildman–Crippen MR) is 133 cm³/mol. The standard InChI is InChI=1S/C25H26ClN7/c26-19-8-7-17-9-11-32(21(17)12-19)14-16-3-5-18(6-4-16)23-22-24(27)29-15-30-25(22)33(31-23)20-2-1-10-28-13-20/h3-8,12,15,20,28H,1-2,9-11,13-14H2,(H2,27,29,30)/t20-/m1/s1. The molecule has 0 bridgehead atoms. The van der Waals surface area contributed by atoms with E-state index < -0.39 is 0 Å². The van der Waals surface area contributed by atoms with Crippen LogP contribution in [0.3, 0.4) is 0 Å². The number of rotatable bonds is 4. The Morgan fingerprint density at radius 2 is 2.00 bits per heavy atom. The van der Waals surface area contributed by atoms with Gasteiger partial charge >= 0.3 is 0 Å². The first-order chi connectivity index (χ1) is 16.2. The van der Waals surface area contributed by atoms with Gasteiger partial charge in [-0.2, -0.15) is 5.10 Å². The summed E-state index contributed by atoms with van der Waals surface area (Å²) in [5, 5.41) is 10.1. The lowest BCUT2D eigenvalue weighted by Gasteiger charge is -2.23. The highest BCUT2D eigenvalue weighted by Gasteiger charge is 2.24. The van der Waals surface area contributed by atoms with E-state index in [9.17, 15) is 0 Å². The van der Waals surface area contributed by atoms with Crippen LogP contribution in [0, 0.1) is 0 Å². The predicted octanol–water partition coefficient (Wildman–Crippen LogP) is 4.22. The second kappa shape index (κ2) is 8.32. The van der Waals surface area contributed by atoms with Gasteiger partial charge in [0.25, 0.3) is 0 Å². The van der Waals surface area contributed by atoms with E-state index in [2.05, 4.69) is 56.6 Å². The van der Waals surface area contributed by atoms with Gasteiger partial charge in [0, 0.05) is 35.9 Å². The number of aromatic nitrogens is 4. The van der Waals surface area contributed by atoms with E-state index >= 15 is 0 Å². The van der Waals surface area contributed by atoms with Crippen LogP contribution in [-0.2, 0) is 13.0 Å². The molecular weight excluding hydrogens is 434 g/mol. The maximum atomic E-state index is 6.30. The summed E-state index contributed by atoms with van der Waals surface area (Å²) in [5.41, 5.74) is 12.8. The van der Waals surface area contributed by atoms with Crippen molar-refractivity contribution in [3.05, 3.63) is 64.9 Å². The first-order valence-corrected chi connectivity index (χ1v) is 11.9. The Hall–Kier alpha value is -3.16. The zero-order valence-electron chi connectivity index (χ0n) is 18.3. The van der Waals surface area contributed by atoms with Crippen LogP contribution in [0.2, 0.25) is 5.02 Å². The summed E-state index contributed by atoms with van der Waals surface area (Å²) in [4.78, 5) is 11.2. The van der Waals surface area contributed by atoms with E-state index in [0.29, 0.717) is 5.82 Å². The van der Waals surface area contributed by atoms with Crippen LogP contribution in [0.4, 0.5) is 11.5 Å². The Balaban J connectivity index is 1.31. The van der Waals surface area contributed by atoms with Crippen LogP contribution in [0.25, 0.3) is 22.3 Å². The molecule has 0 amide bonds. The van der Waals surface area contributed by atoms with E-state index in [1.54, 1.807) is 0 Å². The molecule has 4 heterocycles. The number of piperidine rings is 1. The second-order valence-corrected chi connectivity index (χ2v) is 9.33. The van der Waals surface area contributed by atoms with E-state index in [1.165, 1.54) is 23.1 Å². The quantitative estimate of drug-likeness (QED) is 0.475. The fraction of sp³-hybridized carbons (Fsp3) is 0.320. The van der Waals surface area contributed by atoms with E-state index in [-0.39, 0.29) is 6.04 Å². The second-order valence-electron chi connectivity index (χ2n) is 8.89. The first kappa shape index (κ1) is 20.4. The molecule has 6 rings (SSSR count). The van der Waals surface area contributed by atoms with Gasteiger partial charge in [-0.3, -0.25) is 0 Å². The molecule has 0 saturated carbocycles. The highest BCUT2D eigenvalue weighted by atomic mass is 35.5. The molecule has 2 aliphatic heterocycles. The van der Waals surface area contributed by atoms with Gasteiger partial charge in [0.2, 0.25) is 0 Å². The van der Waals surface area contributed by atoms with Gasteiger partial charge in [0.1, 0.15) is 17.8 Å². The lowest BCUT2D eigenvalue weighted by molar-refractivity contribution is 0.354. The van der Waals surface area contributed by atoms with Crippen molar-refractivity contribution in [1.82, 2.24) is 25.1 Å². The molecule has 168 valence electrons. The van der Waals surface area contributed by atoms with Gasteiger partial charge in [0.05, 0.1) is 11.4 Å². The average molecular weight is 460 g/mol. The number of benzene rings is 2. The normalized spacial score (nSPS) is 18.1. The molecule has 1 fully saturated rings. The van der Waals surface area contributed by atoms with Crippen molar-refractivity contribution in [3.63, 3.8) is 0 Å². The van der Waals surface area contributed by atoms with Crippen LogP contribution < -0.4 is 16.0 Å². The number of halogens is 1. The minimum atomic E-state index is 0.269. The first-order valence-electron chi connectivity index (χ1n) is 11.5. The van der Waals surface area contributed by atoms with Gasteiger partial charge < -0.3 is 16.0 Å². The molecule has 2 aromatic carbocycles. The zero-order chi connectivity index (χ0) is 22.4. The zero-order valence-corrected chi connectivity index (χ0v) is 19.1. The van der Waals surface area contributed by atoms with Crippen LogP contribution >= 0.6 is 11.6 Å². The minimum absolute atomic E-state index is 0.269. The van der Waals surface area contributed by atoms with Crippen molar-refractivity contribution in [3.8, 4) is 11.3 Å². The largest absolute Gasteiger partial charge is 0.383 e. The van der Waals surface area contributed by atoms with Crippen molar-refractivity contribution in [1.29, 1.82) is 0 Å². The Bertz CT molecular complexity index is 1310. The fourth-order valence-corrected chi connectivity index (χ4v) is 5.23. The van der Waals surface area contributed by atoms with Gasteiger partial charge in [-0.15, -0.1) is 0 Å². The van der Waals surface area contributed by atoms with E-state index in [0.717, 1.165) is 72.8 Å². The third-order valence-corrected chi connectivity index (χ3v) is 7.01. The van der Waals surface area contributed by atoms with Crippen LogP contribution in [-0.4, -0.2) is 39.4 Å². The van der Waals surface area contributed by atoms with Gasteiger partial charge in [-0.05, 0) is 49.1 Å². The highest BCUT2D eigenvalue weighted by molar-refractivity contribution is 6.30. The number of nitrogens with two attached hydrogens (primary N) is 1. The van der Waals surface area contributed by atoms with Crippen molar-refractivity contribution < 1.29 is 0 Å². The third kappa shape index (κ3) is 3.71. The summed E-state index contributed by atoms with van der Waals surface area (Å²) in [5.74, 6) is 0.472. The smallest absolute Gasteiger partial charge is 0.164 e. The van der Waals surface area contributed by atoms with Gasteiger partial charge in [-0.1, -0.05) is 41.9 Å². The molecule has 2 aromatic heterocycles. The summed E-state index contributed by atoms with van der Waals surface area (Å²) in [6, 6.07) is 15.0. The number of nitrogens with one attached hydrogen (secondary N) is 1. The molecule has 4 aromatic rings. The number of hydrogen-bond donors (Lipinski definition) is 2. The number of nitrogen functional groups attached to an aromatic ring is 1. The molecule has 1 atom stereocenters. The molecule has 7 nitrogen and oxygen atoms in total. The number of nitrogens with zero attached hydrogens (tertiary/aromatic N) is 5. The molecule has 0 radical (unpaired) electrons. The molecule has 0 unspecified atom stereocenters. The maximum absolute atomic E-state index is 6.30. The van der Waals surface area contributed by atoms with Crippen molar-refractivity contribution in [2.24, 2.45) is 0 Å². The third-order valence-electron chi connectivity index (χ3n) is 6.77. The number of anilines is 2. The van der Waals surface area contributed by atoms with Crippen LogP contribution in [0.1, 0.15) is 30.0 Å². The SMILES string of the molecule is Nc1ncnc2c1c(-c1ccc(CN3CCc4ccc(Cl)cc43)cc1)nn2[C@@H]1CCCNC1. The fourth-order valence-electron chi connectivity index (χ4n) is 5.07. The Kier molecular flexibility index (Phi) is 5.15. The monoisotopic (exact) mass is 459 g/mol. The average Bonchev–Trinajstić information content (AvgIpc) is 3.43. The van der Waals surface area contributed by atoms with Gasteiger partial charge in [-0.25, -0.2) is 14.6 Å². The summed E-state index contributed by atoms with van der Waals surface area (Å²) < 4.78 is 2.04. The highest BCUT2D eigenvalue weighted by Crippen LogP contribution is 2.34. The molecule has 0 spiro atoms. The van der Waals surface area contributed by atoms with Crippen molar-refractivity contribution in [2.45, 2.75) is 31.8 Å². The molecule has 33 heavy (non-hydrogen) atoms. The lowest BCUT2D eigenvalue weighted by Crippen LogP contribution is -2.32. The summed E-state index contributed by atoms with van der Waals surface area (Å²) in [6.07, 6.45) is 4.79. The van der Waals surface area contributed by atoms with Gasteiger partial charge in [0.15, 0.2) is 5.65 Å². The molecule has 2 aliphatic rings. The maximum Gasteiger partial charge on any atom is 0.164 e. The van der Waals surface area contributed by atoms with Crippen molar-refractivity contribution >= 4 is 34.1 Å². The summed E-state index contributed by atoms with van der Waals surface area (Å²) in [7, 11) is 0. The molecule has 1 saturated heterocycles. The number of hydrogen-bond acceptors (Lipinski definition) is 6. The Morgan fingerprint density at radius 1 is 1.12 bits per heavy atom. The van der Waals surface area contributed by atoms with Crippen LogP contribution in [0.5, 0.6) is 0 Å². The Morgan fingerprint density at radius 3 is 2.82 bits per heavy atom. The van der Waals surface area contributed by atoms with Crippen LogP contribution in [0.15, 0.2) is 48.8 Å².